The van der Waals surface area contributed by atoms with Crippen LogP contribution in [0.3, 0.4) is 0 Å². The van der Waals surface area contributed by atoms with Gasteiger partial charge in [-0.3, -0.25) is 9.78 Å². The second kappa shape index (κ2) is 6.47. The van der Waals surface area contributed by atoms with Crippen LogP contribution in [0.15, 0.2) is 12.3 Å². The Hall–Kier alpha value is -1.11. The molecular weight excluding hydrogens is 237 g/mol. The van der Waals surface area contributed by atoms with E-state index in [-0.39, 0.29) is 6.61 Å². The highest BCUT2D eigenvalue weighted by Gasteiger charge is 2.00. The molecule has 7 nitrogen and oxygen atoms in total. The minimum atomic E-state index is -4.64. The smallest absolute Gasteiger partial charge is 0.392 e. The van der Waals surface area contributed by atoms with E-state index in [2.05, 4.69) is 4.98 Å². The first-order valence-electron chi connectivity index (χ1n) is 4.07. The molecule has 0 amide bonds. The van der Waals surface area contributed by atoms with Crippen LogP contribution >= 0.6 is 7.82 Å². The number of aliphatic hydroxyl groups is 1. The molecule has 1 heterocycles. The van der Waals surface area contributed by atoms with Crippen molar-refractivity contribution in [3.63, 3.8) is 0 Å². The molecule has 4 N–H and O–H groups in total. The van der Waals surface area contributed by atoms with Crippen molar-refractivity contribution in [1.82, 2.24) is 4.98 Å². The fraction of sp³-hybridized carbons (Fsp3) is 0.250. The van der Waals surface area contributed by atoms with Crippen molar-refractivity contribution in [3.05, 3.63) is 29.1 Å². The Morgan fingerprint density at radius 1 is 1.44 bits per heavy atom. The van der Waals surface area contributed by atoms with Gasteiger partial charge in [0.05, 0.1) is 6.61 Å². The van der Waals surface area contributed by atoms with E-state index in [4.69, 9.17) is 24.4 Å². The lowest BCUT2D eigenvalue weighted by Crippen LogP contribution is -1.95. The highest BCUT2D eigenvalue weighted by Crippen LogP contribution is 2.25. The van der Waals surface area contributed by atoms with Crippen LogP contribution in [0.2, 0.25) is 0 Å². The molecule has 0 aliphatic carbocycles. The summed E-state index contributed by atoms with van der Waals surface area (Å²) in [4.78, 5) is 35.9. The lowest BCUT2D eigenvalue weighted by atomic mass is 10.1. The molecule has 8 heteroatoms. The van der Waals surface area contributed by atoms with Gasteiger partial charge in [-0.15, -0.1) is 0 Å². The third-order valence-electron chi connectivity index (χ3n) is 1.46. The number of carbonyl (C=O) groups excluding carboxylic acids is 1. The van der Waals surface area contributed by atoms with Gasteiger partial charge in [0.15, 0.2) is 6.29 Å². The molecule has 0 saturated heterocycles. The zero-order chi connectivity index (χ0) is 12.8. The highest BCUT2D eigenvalue weighted by molar-refractivity contribution is 7.45. The van der Waals surface area contributed by atoms with Gasteiger partial charge in [-0.1, -0.05) is 0 Å². The second-order valence-electron chi connectivity index (χ2n) is 2.81. The van der Waals surface area contributed by atoms with Crippen LogP contribution < -0.4 is 0 Å². The van der Waals surface area contributed by atoms with Crippen molar-refractivity contribution >= 4 is 14.1 Å². The molecule has 16 heavy (non-hydrogen) atoms. The van der Waals surface area contributed by atoms with E-state index in [1.165, 1.54) is 6.20 Å². The zero-order valence-corrected chi connectivity index (χ0v) is 9.33. The summed E-state index contributed by atoms with van der Waals surface area (Å²) in [6, 6.07) is 1.65. The first-order chi connectivity index (χ1) is 7.27. The average molecular weight is 249 g/mol. The van der Waals surface area contributed by atoms with Gasteiger partial charge in [0.1, 0.15) is 0 Å². The largest absolute Gasteiger partial charge is 0.466 e. The summed E-state index contributed by atoms with van der Waals surface area (Å²) in [7, 11) is -4.64. The first kappa shape index (κ1) is 14.9. The maximum absolute atomic E-state index is 10.4. The van der Waals surface area contributed by atoms with E-state index < -0.39 is 7.82 Å². The van der Waals surface area contributed by atoms with Crippen molar-refractivity contribution in [2.24, 2.45) is 0 Å². The number of aromatic nitrogens is 1. The summed E-state index contributed by atoms with van der Waals surface area (Å²) in [5.74, 6) is 0. The van der Waals surface area contributed by atoms with Gasteiger partial charge in [-0.25, -0.2) is 4.57 Å². The Balaban J connectivity index is 0.000000385. The number of nitrogens with zero attached hydrogens (tertiary/aromatic N) is 1. The lowest BCUT2D eigenvalue weighted by Gasteiger charge is -1.99. The molecule has 1 aromatic rings. The number of pyridine rings is 1. The Bertz CT molecular complexity index is 393. The zero-order valence-electron chi connectivity index (χ0n) is 8.44. The molecule has 0 aromatic carbocycles. The van der Waals surface area contributed by atoms with Crippen molar-refractivity contribution in [3.8, 4) is 0 Å². The van der Waals surface area contributed by atoms with Crippen LogP contribution in [0.4, 0.5) is 0 Å². The summed E-state index contributed by atoms with van der Waals surface area (Å²) in [6.45, 7) is 1.66. The monoisotopic (exact) mass is 249 g/mol. The Morgan fingerprint density at radius 3 is 2.31 bits per heavy atom. The number of hydrogen-bond acceptors (Lipinski definition) is 4. The normalized spacial score (nSPS) is 10.3. The molecule has 1 aromatic heterocycles. The molecule has 90 valence electrons. The predicted octanol–water partition coefficient (Wildman–Crippen LogP) is -0.234. The standard InChI is InChI=1S/C8H9NO2.H3O4P/c1-6-2-7(4-10)8(5-11)3-9-6;1-5(2,3)4/h2-4,11H,5H2,1H3;(H3,1,2,3,4). The Labute approximate surface area is 91.6 Å². The number of aryl methyl sites for hydroxylation is 1. The van der Waals surface area contributed by atoms with Crippen LogP contribution in [0.25, 0.3) is 0 Å². The lowest BCUT2D eigenvalue weighted by molar-refractivity contribution is 0.112. The number of hydrogen-bond donors (Lipinski definition) is 4. The van der Waals surface area contributed by atoms with Crippen molar-refractivity contribution in [1.29, 1.82) is 0 Å². The molecule has 0 fully saturated rings. The molecule has 0 spiro atoms. The molecule has 0 bridgehead atoms. The fourth-order valence-corrected chi connectivity index (χ4v) is 0.851. The van der Waals surface area contributed by atoms with E-state index in [1.54, 1.807) is 13.0 Å². The van der Waals surface area contributed by atoms with Gasteiger partial charge in [0.25, 0.3) is 0 Å². The molecular formula is C8H12NO6P. The van der Waals surface area contributed by atoms with Gasteiger partial charge in [0.2, 0.25) is 0 Å². The maximum Gasteiger partial charge on any atom is 0.466 e. The van der Waals surface area contributed by atoms with Crippen molar-refractivity contribution in [2.75, 3.05) is 0 Å². The van der Waals surface area contributed by atoms with E-state index in [0.717, 1.165) is 12.0 Å². The quantitative estimate of drug-likeness (QED) is 0.420. The molecule has 0 radical (unpaired) electrons. The van der Waals surface area contributed by atoms with Crippen LogP contribution in [-0.2, 0) is 11.2 Å². The molecule has 0 unspecified atom stereocenters. The number of rotatable bonds is 2. The third kappa shape index (κ3) is 7.22. The van der Waals surface area contributed by atoms with Crippen LogP contribution in [0, 0.1) is 6.92 Å². The first-order valence-corrected chi connectivity index (χ1v) is 5.64. The van der Waals surface area contributed by atoms with Gasteiger partial charge in [-0.2, -0.15) is 0 Å². The average Bonchev–Trinajstić information content (AvgIpc) is 2.15. The fourth-order valence-electron chi connectivity index (χ4n) is 0.851. The SMILES string of the molecule is Cc1cc(C=O)c(CO)cn1.O=P(O)(O)O. The van der Waals surface area contributed by atoms with Gasteiger partial charge < -0.3 is 19.8 Å². The topological polar surface area (TPSA) is 128 Å². The summed E-state index contributed by atoms with van der Waals surface area (Å²) in [5, 5.41) is 8.74. The minimum absolute atomic E-state index is 0.138. The summed E-state index contributed by atoms with van der Waals surface area (Å²) in [6.07, 6.45) is 2.24. The van der Waals surface area contributed by atoms with E-state index in [1.807, 2.05) is 0 Å². The maximum atomic E-state index is 10.4. The molecule has 1 rings (SSSR count). The van der Waals surface area contributed by atoms with Gasteiger partial charge in [-0.05, 0) is 13.0 Å². The van der Waals surface area contributed by atoms with E-state index in [9.17, 15) is 4.79 Å². The van der Waals surface area contributed by atoms with Crippen LogP contribution in [0.5, 0.6) is 0 Å². The Morgan fingerprint density at radius 2 is 1.94 bits per heavy atom. The number of carbonyl (C=O) groups is 1. The van der Waals surface area contributed by atoms with Crippen LogP contribution in [-0.4, -0.2) is 31.1 Å². The Kier molecular flexibility index (Phi) is 6.02. The van der Waals surface area contributed by atoms with Crippen LogP contribution in [0.1, 0.15) is 21.6 Å². The van der Waals surface area contributed by atoms with Gasteiger partial charge in [0, 0.05) is 23.0 Å². The summed E-state index contributed by atoms with van der Waals surface area (Å²) >= 11 is 0. The number of aldehydes is 1. The van der Waals surface area contributed by atoms with E-state index in [0.29, 0.717) is 11.1 Å². The molecule has 0 atom stereocenters. The number of aliphatic hydroxyl groups excluding tert-OH is 1. The minimum Gasteiger partial charge on any atom is -0.392 e. The van der Waals surface area contributed by atoms with E-state index >= 15 is 0 Å². The summed E-state index contributed by atoms with van der Waals surface area (Å²) < 4.78 is 8.88. The third-order valence-corrected chi connectivity index (χ3v) is 1.46. The summed E-state index contributed by atoms with van der Waals surface area (Å²) in [5.41, 5.74) is 1.87. The second-order valence-corrected chi connectivity index (χ2v) is 3.84. The highest BCUT2D eigenvalue weighted by atomic mass is 31.2. The number of phosphoric acid groups is 1. The van der Waals surface area contributed by atoms with Crippen molar-refractivity contribution < 1.29 is 29.1 Å². The molecule has 0 aliphatic rings. The molecule has 0 aliphatic heterocycles. The molecule has 0 saturated carbocycles. The van der Waals surface area contributed by atoms with Gasteiger partial charge >= 0.3 is 7.82 Å². The van der Waals surface area contributed by atoms with Crippen molar-refractivity contribution in [2.45, 2.75) is 13.5 Å². The predicted molar refractivity (Wildman–Crippen MR) is 54.5 cm³/mol.